The van der Waals surface area contributed by atoms with Crippen molar-refractivity contribution in [2.75, 3.05) is 19.8 Å². The molecule has 3 heteroatoms. The van der Waals surface area contributed by atoms with E-state index in [1.807, 2.05) is 6.08 Å². The standard InChI is InChI=1S/C12H20O3/c1-2-3-11(10-13)4-6-12(7-5-11)14-8-9-15-12/h2,13H,1,3-10H2. The van der Waals surface area contributed by atoms with Crippen LogP contribution in [0.2, 0.25) is 0 Å². The second-order valence-corrected chi connectivity index (χ2v) is 4.76. The Bertz CT molecular complexity index is 221. The van der Waals surface area contributed by atoms with Crippen LogP contribution in [0.3, 0.4) is 0 Å². The number of hydrogen-bond donors (Lipinski definition) is 1. The van der Waals surface area contributed by atoms with Crippen molar-refractivity contribution < 1.29 is 14.6 Å². The van der Waals surface area contributed by atoms with Gasteiger partial charge >= 0.3 is 0 Å². The Balaban J connectivity index is 1.97. The van der Waals surface area contributed by atoms with Crippen molar-refractivity contribution >= 4 is 0 Å². The lowest BCUT2D eigenvalue weighted by atomic mass is 9.70. The molecule has 2 aliphatic rings. The highest BCUT2D eigenvalue weighted by atomic mass is 16.7. The molecule has 1 aliphatic carbocycles. The van der Waals surface area contributed by atoms with Crippen LogP contribution in [-0.4, -0.2) is 30.7 Å². The molecule has 0 amide bonds. The normalized spacial score (nSPS) is 28.1. The Morgan fingerprint density at radius 3 is 2.20 bits per heavy atom. The Hall–Kier alpha value is -0.380. The van der Waals surface area contributed by atoms with E-state index in [1.54, 1.807) is 0 Å². The first kappa shape index (κ1) is 11.1. The van der Waals surface area contributed by atoms with Crippen molar-refractivity contribution in [1.82, 2.24) is 0 Å². The highest BCUT2D eigenvalue weighted by Gasteiger charge is 2.45. The third kappa shape index (κ3) is 2.10. The molecule has 1 spiro atoms. The van der Waals surface area contributed by atoms with Crippen LogP contribution < -0.4 is 0 Å². The Labute approximate surface area is 91.1 Å². The van der Waals surface area contributed by atoms with Gasteiger partial charge in [-0.2, -0.15) is 0 Å². The minimum absolute atomic E-state index is 0.0301. The molecule has 1 N–H and O–H groups in total. The van der Waals surface area contributed by atoms with Gasteiger partial charge in [0.1, 0.15) is 0 Å². The van der Waals surface area contributed by atoms with Crippen LogP contribution in [0.1, 0.15) is 32.1 Å². The Morgan fingerprint density at radius 1 is 1.13 bits per heavy atom. The molecule has 1 saturated carbocycles. The third-order valence-corrected chi connectivity index (χ3v) is 3.80. The monoisotopic (exact) mass is 212 g/mol. The van der Waals surface area contributed by atoms with Crippen LogP contribution in [0.5, 0.6) is 0 Å². The molecule has 15 heavy (non-hydrogen) atoms. The third-order valence-electron chi connectivity index (χ3n) is 3.80. The molecule has 1 aliphatic heterocycles. The van der Waals surface area contributed by atoms with Gasteiger partial charge in [0.15, 0.2) is 5.79 Å². The van der Waals surface area contributed by atoms with Crippen LogP contribution in [0, 0.1) is 5.41 Å². The van der Waals surface area contributed by atoms with Crippen molar-refractivity contribution in [3.05, 3.63) is 12.7 Å². The number of aliphatic hydroxyl groups excluding tert-OH is 1. The summed E-state index contributed by atoms with van der Waals surface area (Å²) >= 11 is 0. The summed E-state index contributed by atoms with van der Waals surface area (Å²) in [5, 5.41) is 9.47. The number of hydrogen-bond acceptors (Lipinski definition) is 3. The van der Waals surface area contributed by atoms with Gasteiger partial charge < -0.3 is 14.6 Å². The quantitative estimate of drug-likeness (QED) is 0.726. The van der Waals surface area contributed by atoms with E-state index in [1.165, 1.54) is 0 Å². The maximum absolute atomic E-state index is 9.47. The first-order chi connectivity index (χ1) is 7.24. The molecule has 0 aromatic rings. The smallest absolute Gasteiger partial charge is 0.168 e. The van der Waals surface area contributed by atoms with E-state index in [0.717, 1.165) is 32.1 Å². The lowest BCUT2D eigenvalue weighted by molar-refractivity contribution is -0.194. The van der Waals surface area contributed by atoms with E-state index in [2.05, 4.69) is 6.58 Å². The molecular weight excluding hydrogens is 192 g/mol. The minimum Gasteiger partial charge on any atom is -0.396 e. The van der Waals surface area contributed by atoms with Crippen molar-refractivity contribution in [2.24, 2.45) is 5.41 Å². The summed E-state index contributed by atoms with van der Waals surface area (Å²) in [6, 6.07) is 0. The molecule has 0 aromatic heterocycles. The van der Waals surface area contributed by atoms with Crippen molar-refractivity contribution in [3.63, 3.8) is 0 Å². The molecule has 0 unspecified atom stereocenters. The highest BCUT2D eigenvalue weighted by Crippen LogP contribution is 2.46. The molecule has 3 nitrogen and oxygen atoms in total. The van der Waals surface area contributed by atoms with E-state index in [9.17, 15) is 5.11 Å². The number of allylic oxidation sites excluding steroid dienone is 1. The fourth-order valence-electron chi connectivity index (χ4n) is 2.68. The molecule has 0 atom stereocenters. The first-order valence-electron chi connectivity index (χ1n) is 5.74. The summed E-state index contributed by atoms with van der Waals surface area (Å²) in [6.45, 7) is 5.44. The Kier molecular flexibility index (Phi) is 3.14. The first-order valence-corrected chi connectivity index (χ1v) is 5.74. The second kappa shape index (κ2) is 4.24. The molecule has 0 aromatic carbocycles. The summed E-state index contributed by atoms with van der Waals surface area (Å²) in [4.78, 5) is 0. The second-order valence-electron chi connectivity index (χ2n) is 4.76. The molecule has 1 saturated heterocycles. The summed E-state index contributed by atoms with van der Waals surface area (Å²) in [5.41, 5.74) is 0.0301. The van der Waals surface area contributed by atoms with Gasteiger partial charge in [0.25, 0.3) is 0 Å². The van der Waals surface area contributed by atoms with E-state index < -0.39 is 0 Å². The van der Waals surface area contributed by atoms with E-state index in [4.69, 9.17) is 9.47 Å². The molecule has 0 bridgehead atoms. The van der Waals surface area contributed by atoms with Crippen LogP contribution in [0.15, 0.2) is 12.7 Å². The van der Waals surface area contributed by atoms with Crippen molar-refractivity contribution in [2.45, 2.75) is 37.9 Å². The summed E-state index contributed by atoms with van der Waals surface area (Å²) in [6.07, 6.45) is 6.54. The van der Waals surface area contributed by atoms with Gasteiger partial charge in [0.05, 0.1) is 13.2 Å². The summed E-state index contributed by atoms with van der Waals surface area (Å²) in [5.74, 6) is -0.320. The van der Waals surface area contributed by atoms with Gasteiger partial charge in [-0.3, -0.25) is 0 Å². The van der Waals surface area contributed by atoms with Gasteiger partial charge in [-0.25, -0.2) is 0 Å². The maximum Gasteiger partial charge on any atom is 0.168 e. The average molecular weight is 212 g/mol. The van der Waals surface area contributed by atoms with Crippen molar-refractivity contribution in [3.8, 4) is 0 Å². The summed E-state index contributed by atoms with van der Waals surface area (Å²) in [7, 11) is 0. The lowest BCUT2D eigenvalue weighted by Crippen LogP contribution is -2.41. The van der Waals surface area contributed by atoms with Gasteiger partial charge in [0.2, 0.25) is 0 Å². The zero-order valence-electron chi connectivity index (χ0n) is 9.21. The van der Waals surface area contributed by atoms with E-state index in [0.29, 0.717) is 13.2 Å². The highest BCUT2D eigenvalue weighted by molar-refractivity contribution is 4.94. The number of ether oxygens (including phenoxy) is 2. The van der Waals surface area contributed by atoms with Crippen LogP contribution >= 0.6 is 0 Å². The largest absolute Gasteiger partial charge is 0.396 e. The van der Waals surface area contributed by atoms with Gasteiger partial charge in [-0.15, -0.1) is 6.58 Å². The van der Waals surface area contributed by atoms with E-state index >= 15 is 0 Å². The zero-order chi connectivity index (χ0) is 10.8. The van der Waals surface area contributed by atoms with Crippen LogP contribution in [0.4, 0.5) is 0 Å². The predicted octanol–water partition coefficient (Wildman–Crippen LogP) is 1.86. The summed E-state index contributed by atoms with van der Waals surface area (Å²) < 4.78 is 11.3. The minimum atomic E-state index is -0.320. The van der Waals surface area contributed by atoms with Gasteiger partial charge in [-0.1, -0.05) is 6.08 Å². The topological polar surface area (TPSA) is 38.7 Å². The van der Waals surface area contributed by atoms with Crippen LogP contribution in [-0.2, 0) is 9.47 Å². The predicted molar refractivity (Wildman–Crippen MR) is 57.4 cm³/mol. The van der Waals surface area contributed by atoms with Crippen LogP contribution in [0.25, 0.3) is 0 Å². The van der Waals surface area contributed by atoms with Gasteiger partial charge in [-0.05, 0) is 24.7 Å². The number of aliphatic hydroxyl groups is 1. The van der Waals surface area contributed by atoms with Crippen molar-refractivity contribution in [1.29, 1.82) is 0 Å². The fraction of sp³-hybridized carbons (Fsp3) is 0.833. The lowest BCUT2D eigenvalue weighted by Gasteiger charge is -2.42. The Morgan fingerprint density at radius 2 is 1.73 bits per heavy atom. The molecule has 1 heterocycles. The fourth-order valence-corrected chi connectivity index (χ4v) is 2.68. The SMILES string of the molecule is C=CCC1(CO)CCC2(CC1)OCCO2. The molecular formula is C12H20O3. The zero-order valence-corrected chi connectivity index (χ0v) is 9.21. The van der Waals surface area contributed by atoms with E-state index in [-0.39, 0.29) is 17.8 Å². The molecule has 0 radical (unpaired) electrons. The number of rotatable bonds is 3. The molecule has 2 fully saturated rings. The average Bonchev–Trinajstić information content (AvgIpc) is 2.72. The molecule has 2 rings (SSSR count). The maximum atomic E-state index is 9.47. The van der Waals surface area contributed by atoms with Gasteiger partial charge in [0, 0.05) is 19.4 Å². The molecule has 86 valence electrons.